The van der Waals surface area contributed by atoms with Crippen molar-refractivity contribution < 1.29 is 9.53 Å². The Labute approximate surface area is 169 Å². The average Bonchev–Trinajstić information content (AvgIpc) is 3.24. The topological polar surface area (TPSA) is 82.7 Å². The van der Waals surface area contributed by atoms with Crippen LogP contribution in [0.5, 0.6) is 0 Å². The van der Waals surface area contributed by atoms with Gasteiger partial charge in [0.15, 0.2) is 5.65 Å². The molecule has 1 saturated heterocycles. The van der Waals surface area contributed by atoms with Gasteiger partial charge in [0.05, 0.1) is 22.6 Å². The molecular weight excluding hydrogens is 366 g/mol. The van der Waals surface area contributed by atoms with Crippen LogP contribution in [-0.4, -0.2) is 40.2 Å². The van der Waals surface area contributed by atoms with Crippen molar-refractivity contribution in [2.45, 2.75) is 45.8 Å². The highest BCUT2D eigenvalue weighted by Crippen LogP contribution is 2.30. The molecule has 0 unspecified atom stereocenters. The minimum absolute atomic E-state index is 0.00522. The Kier molecular flexibility index (Phi) is 4.58. The van der Waals surface area contributed by atoms with Gasteiger partial charge in [-0.3, -0.25) is 4.40 Å². The fraction of sp³-hybridized carbons (Fsp3) is 0.409. The highest BCUT2D eigenvalue weighted by molar-refractivity contribution is 5.85. The average molecular weight is 391 g/mol. The highest BCUT2D eigenvalue weighted by atomic mass is 16.6. The van der Waals surface area contributed by atoms with Crippen molar-refractivity contribution in [3.63, 3.8) is 0 Å². The predicted octanol–water partition coefficient (Wildman–Crippen LogP) is 3.77. The molecule has 3 heterocycles. The van der Waals surface area contributed by atoms with E-state index in [-0.39, 0.29) is 6.04 Å². The molecule has 0 radical (unpaired) electrons. The molecule has 7 heteroatoms. The molecule has 3 aromatic rings. The third-order valence-corrected chi connectivity index (χ3v) is 5.10. The normalized spacial score (nSPS) is 16.9. The molecule has 29 heavy (non-hydrogen) atoms. The van der Waals surface area contributed by atoms with Crippen LogP contribution < -0.4 is 10.2 Å². The van der Waals surface area contributed by atoms with Crippen molar-refractivity contribution in [2.75, 3.05) is 18.0 Å². The molecular formula is C22H25N5O2. The fourth-order valence-corrected chi connectivity index (χ4v) is 3.86. The Hall–Kier alpha value is -3.27. The summed E-state index contributed by atoms with van der Waals surface area (Å²) in [4.78, 5) is 19.1. The van der Waals surface area contributed by atoms with Crippen molar-refractivity contribution >= 4 is 28.6 Å². The van der Waals surface area contributed by atoms with Gasteiger partial charge in [-0.2, -0.15) is 5.26 Å². The van der Waals surface area contributed by atoms with Gasteiger partial charge < -0.3 is 15.0 Å². The van der Waals surface area contributed by atoms with E-state index in [1.807, 2.05) is 58.0 Å². The monoisotopic (exact) mass is 391 g/mol. The number of amides is 1. The lowest BCUT2D eigenvalue weighted by Crippen LogP contribution is -2.40. The van der Waals surface area contributed by atoms with E-state index in [2.05, 4.69) is 20.7 Å². The number of hydrogen-bond donors (Lipinski definition) is 1. The van der Waals surface area contributed by atoms with Crippen LogP contribution >= 0.6 is 0 Å². The SMILES string of the molecule is Cc1cc(N2CC[C@@H](NC(=O)OC(C)(C)C)C2)n2c(nc3ccccc32)c1C#N. The van der Waals surface area contributed by atoms with E-state index in [1.54, 1.807) is 0 Å². The number of nitrogens with zero attached hydrogens (tertiary/aromatic N) is 4. The number of alkyl carbamates (subject to hydrolysis) is 1. The Morgan fingerprint density at radius 3 is 2.83 bits per heavy atom. The van der Waals surface area contributed by atoms with Crippen LogP contribution in [0.3, 0.4) is 0 Å². The first kappa shape index (κ1) is 19.1. The van der Waals surface area contributed by atoms with Gasteiger partial charge in [0, 0.05) is 13.1 Å². The molecule has 1 amide bonds. The molecule has 1 atom stereocenters. The van der Waals surface area contributed by atoms with Gasteiger partial charge in [-0.15, -0.1) is 0 Å². The quantitative estimate of drug-likeness (QED) is 0.719. The molecule has 1 N–H and O–H groups in total. The number of rotatable bonds is 2. The first-order valence-corrected chi connectivity index (χ1v) is 9.82. The number of nitrogens with one attached hydrogen (secondary N) is 1. The minimum Gasteiger partial charge on any atom is -0.444 e. The number of ether oxygens (including phenoxy) is 1. The maximum atomic E-state index is 12.1. The molecule has 0 aliphatic carbocycles. The number of nitriles is 1. The Bertz CT molecular complexity index is 1140. The summed E-state index contributed by atoms with van der Waals surface area (Å²) in [5.41, 5.74) is 3.47. The zero-order chi connectivity index (χ0) is 20.8. The minimum atomic E-state index is -0.519. The summed E-state index contributed by atoms with van der Waals surface area (Å²) in [5.74, 6) is 0.985. The van der Waals surface area contributed by atoms with Crippen molar-refractivity contribution in [1.82, 2.24) is 14.7 Å². The number of pyridine rings is 1. The van der Waals surface area contributed by atoms with Crippen molar-refractivity contribution in [1.29, 1.82) is 5.26 Å². The summed E-state index contributed by atoms with van der Waals surface area (Å²) < 4.78 is 7.44. The van der Waals surface area contributed by atoms with Crippen LogP contribution in [0.2, 0.25) is 0 Å². The molecule has 7 nitrogen and oxygen atoms in total. The van der Waals surface area contributed by atoms with Crippen LogP contribution in [0.25, 0.3) is 16.7 Å². The summed E-state index contributed by atoms with van der Waals surface area (Å²) in [6.07, 6.45) is 0.436. The summed E-state index contributed by atoms with van der Waals surface area (Å²) in [5, 5.41) is 12.6. The second kappa shape index (κ2) is 6.96. The standard InChI is InChI=1S/C22H25N5O2/c1-14-11-19(26-10-9-15(13-26)24-21(28)29-22(2,3)4)27-18-8-6-5-7-17(18)25-20(27)16(14)12-23/h5-8,11,15H,9-10,13H2,1-4H3,(H,24,28)/t15-/m1/s1. The van der Waals surface area contributed by atoms with Gasteiger partial charge in [-0.25, -0.2) is 9.78 Å². The summed E-state index contributed by atoms with van der Waals surface area (Å²) in [7, 11) is 0. The smallest absolute Gasteiger partial charge is 0.407 e. The van der Waals surface area contributed by atoms with Crippen LogP contribution in [0.1, 0.15) is 38.3 Å². The zero-order valence-corrected chi connectivity index (χ0v) is 17.2. The first-order chi connectivity index (χ1) is 13.8. The van der Waals surface area contributed by atoms with Crippen LogP contribution in [0.15, 0.2) is 30.3 Å². The van der Waals surface area contributed by atoms with Crippen LogP contribution in [-0.2, 0) is 4.74 Å². The number of carbonyl (C=O) groups is 1. The number of carbonyl (C=O) groups excluding carboxylic acids is 1. The van der Waals surface area contributed by atoms with Gasteiger partial charge in [0.1, 0.15) is 17.5 Å². The second-order valence-corrected chi connectivity index (χ2v) is 8.51. The maximum absolute atomic E-state index is 12.1. The molecule has 0 saturated carbocycles. The largest absolute Gasteiger partial charge is 0.444 e. The number of anilines is 1. The Balaban J connectivity index is 1.68. The van der Waals surface area contributed by atoms with E-state index in [0.29, 0.717) is 17.8 Å². The molecule has 0 spiro atoms. The third-order valence-electron chi connectivity index (χ3n) is 5.10. The molecule has 1 aromatic carbocycles. The van der Waals surface area contributed by atoms with Gasteiger partial charge in [0.25, 0.3) is 0 Å². The number of hydrogen-bond acceptors (Lipinski definition) is 5. The summed E-state index contributed by atoms with van der Waals surface area (Å²) >= 11 is 0. The van der Waals surface area contributed by atoms with Gasteiger partial charge in [0.2, 0.25) is 0 Å². The van der Waals surface area contributed by atoms with E-state index >= 15 is 0 Å². The molecule has 2 aromatic heterocycles. The highest BCUT2D eigenvalue weighted by Gasteiger charge is 2.28. The fourth-order valence-electron chi connectivity index (χ4n) is 3.86. The van der Waals surface area contributed by atoms with E-state index in [9.17, 15) is 10.1 Å². The number of benzene rings is 1. The number of aromatic nitrogens is 2. The summed E-state index contributed by atoms with van der Waals surface area (Å²) in [6.45, 7) is 8.98. The molecule has 1 aliphatic heterocycles. The summed E-state index contributed by atoms with van der Waals surface area (Å²) in [6, 6.07) is 12.2. The van der Waals surface area contributed by atoms with Crippen molar-refractivity contribution in [2.24, 2.45) is 0 Å². The Morgan fingerprint density at radius 2 is 2.10 bits per heavy atom. The number of para-hydroxylation sites is 2. The number of aryl methyl sites for hydroxylation is 1. The molecule has 1 fully saturated rings. The second-order valence-electron chi connectivity index (χ2n) is 8.51. The van der Waals surface area contributed by atoms with E-state index in [0.717, 1.165) is 35.4 Å². The first-order valence-electron chi connectivity index (χ1n) is 9.82. The lowest BCUT2D eigenvalue weighted by molar-refractivity contribution is 0.0509. The van der Waals surface area contributed by atoms with Crippen LogP contribution in [0.4, 0.5) is 10.6 Å². The van der Waals surface area contributed by atoms with E-state index < -0.39 is 11.7 Å². The lowest BCUT2D eigenvalue weighted by Gasteiger charge is -2.23. The van der Waals surface area contributed by atoms with Crippen molar-refractivity contribution in [3.8, 4) is 6.07 Å². The molecule has 1 aliphatic rings. The number of imidazole rings is 1. The zero-order valence-electron chi connectivity index (χ0n) is 17.2. The van der Waals surface area contributed by atoms with Gasteiger partial charge >= 0.3 is 6.09 Å². The molecule has 4 rings (SSSR count). The molecule has 0 bridgehead atoms. The van der Waals surface area contributed by atoms with Gasteiger partial charge in [-0.05, 0) is 57.9 Å². The van der Waals surface area contributed by atoms with Crippen LogP contribution in [0, 0.1) is 18.3 Å². The van der Waals surface area contributed by atoms with Crippen molar-refractivity contribution in [3.05, 3.63) is 41.5 Å². The third kappa shape index (κ3) is 3.58. The predicted molar refractivity (Wildman–Crippen MR) is 112 cm³/mol. The van der Waals surface area contributed by atoms with E-state index in [1.165, 1.54) is 0 Å². The molecule has 150 valence electrons. The number of fused-ring (bicyclic) bond motifs is 3. The van der Waals surface area contributed by atoms with E-state index in [4.69, 9.17) is 9.72 Å². The van der Waals surface area contributed by atoms with Gasteiger partial charge in [-0.1, -0.05) is 12.1 Å². The Morgan fingerprint density at radius 1 is 1.34 bits per heavy atom. The maximum Gasteiger partial charge on any atom is 0.407 e. The lowest BCUT2D eigenvalue weighted by atomic mass is 10.1.